The fourth-order valence-corrected chi connectivity index (χ4v) is 2.99. The van der Waals surface area contributed by atoms with Crippen molar-refractivity contribution in [3.8, 4) is 0 Å². The maximum Gasteiger partial charge on any atom is 0.0579 e. The van der Waals surface area contributed by atoms with E-state index in [1.165, 1.54) is 16.0 Å². The molecule has 108 valence electrons. The molecule has 1 N–H and O–H groups in total. The molecule has 3 heteroatoms. The largest absolute Gasteiger partial charge is 0.301 e. The van der Waals surface area contributed by atoms with Crippen LogP contribution < -0.4 is 5.32 Å². The molecule has 0 fully saturated rings. The lowest BCUT2D eigenvalue weighted by Crippen LogP contribution is -2.21. The third kappa shape index (κ3) is 4.18. The molecule has 0 saturated heterocycles. The van der Waals surface area contributed by atoms with Gasteiger partial charge in [-0.25, -0.2) is 0 Å². The molecule has 3 rings (SSSR count). The quantitative estimate of drug-likeness (QED) is 0.694. The second-order valence-corrected chi connectivity index (χ2v) is 5.75. The summed E-state index contributed by atoms with van der Waals surface area (Å²) in [4.78, 5) is 1.36. The summed E-state index contributed by atoms with van der Waals surface area (Å²) >= 11 is 1.79. The first-order valence-corrected chi connectivity index (χ1v) is 7.67. The second kappa shape index (κ2) is 7.99. The maximum absolute atomic E-state index is 3.67. The zero-order valence-electron chi connectivity index (χ0n) is 11.6. The highest BCUT2D eigenvalue weighted by Gasteiger charge is 2.12. The molecule has 0 aliphatic rings. The Balaban J connectivity index is 0.00000161. The number of thiophene rings is 1. The van der Waals surface area contributed by atoms with Crippen molar-refractivity contribution in [2.75, 3.05) is 0 Å². The van der Waals surface area contributed by atoms with Gasteiger partial charge in [0.15, 0.2) is 0 Å². The third-order valence-electron chi connectivity index (χ3n) is 3.33. The molecule has 0 unspecified atom stereocenters. The van der Waals surface area contributed by atoms with Crippen LogP contribution in [0.25, 0.3) is 0 Å². The molecule has 0 aliphatic carbocycles. The number of hydrogen-bond acceptors (Lipinski definition) is 2. The van der Waals surface area contributed by atoms with E-state index < -0.39 is 0 Å². The lowest BCUT2D eigenvalue weighted by atomic mass is 9.99. The van der Waals surface area contributed by atoms with Crippen molar-refractivity contribution in [1.82, 2.24) is 5.32 Å². The fourth-order valence-electron chi connectivity index (χ4n) is 2.33. The van der Waals surface area contributed by atoms with Gasteiger partial charge in [0.25, 0.3) is 0 Å². The normalized spacial score (nSPS) is 10.3. The lowest BCUT2D eigenvalue weighted by Gasteiger charge is -2.19. The van der Waals surface area contributed by atoms with Crippen LogP contribution in [0.4, 0.5) is 0 Å². The van der Waals surface area contributed by atoms with E-state index in [0.29, 0.717) is 0 Å². The second-order valence-electron chi connectivity index (χ2n) is 4.71. The Morgan fingerprint density at radius 1 is 0.762 bits per heavy atom. The molecule has 2 aromatic carbocycles. The Kier molecular flexibility index (Phi) is 6.00. The predicted molar refractivity (Wildman–Crippen MR) is 93.1 cm³/mol. The zero-order valence-corrected chi connectivity index (χ0v) is 13.2. The average Bonchev–Trinajstić information content (AvgIpc) is 3.03. The highest BCUT2D eigenvalue weighted by molar-refractivity contribution is 7.09. The van der Waals surface area contributed by atoms with Crippen LogP contribution in [0.15, 0.2) is 78.2 Å². The summed E-state index contributed by atoms with van der Waals surface area (Å²) in [5.41, 5.74) is 2.60. The van der Waals surface area contributed by atoms with Crippen molar-refractivity contribution in [3.05, 3.63) is 94.2 Å². The van der Waals surface area contributed by atoms with Crippen molar-refractivity contribution >= 4 is 23.7 Å². The molecule has 3 aromatic rings. The number of nitrogens with one attached hydrogen (secondary N) is 1. The lowest BCUT2D eigenvalue weighted by molar-refractivity contribution is 0.610. The van der Waals surface area contributed by atoms with Crippen LogP contribution in [-0.2, 0) is 6.54 Å². The Morgan fingerprint density at radius 3 is 1.81 bits per heavy atom. The topological polar surface area (TPSA) is 12.0 Å². The van der Waals surface area contributed by atoms with E-state index in [4.69, 9.17) is 0 Å². The first-order chi connectivity index (χ1) is 9.93. The highest BCUT2D eigenvalue weighted by atomic mass is 35.5. The van der Waals surface area contributed by atoms with Crippen molar-refractivity contribution < 1.29 is 0 Å². The standard InChI is InChI=1S/C18H17NS.ClH/c1-3-8-15(9-4-1)18(16-10-5-2-6-11-16)19-14-17-12-7-13-20-17;/h1-13,18-19H,14H2;1H. The molecular weight excluding hydrogens is 298 g/mol. The van der Waals surface area contributed by atoms with E-state index in [1.807, 2.05) is 0 Å². The molecule has 0 amide bonds. The van der Waals surface area contributed by atoms with Crippen LogP contribution in [0.3, 0.4) is 0 Å². The minimum atomic E-state index is 0. The van der Waals surface area contributed by atoms with E-state index in [2.05, 4.69) is 83.5 Å². The molecule has 0 bridgehead atoms. The Morgan fingerprint density at radius 2 is 1.33 bits per heavy atom. The van der Waals surface area contributed by atoms with E-state index >= 15 is 0 Å². The van der Waals surface area contributed by atoms with Crippen molar-refractivity contribution in [1.29, 1.82) is 0 Å². The summed E-state index contributed by atoms with van der Waals surface area (Å²) in [6.07, 6.45) is 0. The van der Waals surface area contributed by atoms with Crippen LogP contribution in [0.2, 0.25) is 0 Å². The Labute approximate surface area is 136 Å². The molecule has 0 radical (unpaired) electrons. The summed E-state index contributed by atoms with van der Waals surface area (Å²) in [5.74, 6) is 0. The van der Waals surface area contributed by atoms with Crippen molar-refractivity contribution in [2.24, 2.45) is 0 Å². The van der Waals surface area contributed by atoms with Gasteiger partial charge in [0.05, 0.1) is 6.04 Å². The van der Waals surface area contributed by atoms with Gasteiger partial charge in [-0.3, -0.25) is 0 Å². The molecule has 1 heterocycles. The van der Waals surface area contributed by atoms with E-state index in [-0.39, 0.29) is 18.4 Å². The third-order valence-corrected chi connectivity index (χ3v) is 4.20. The SMILES string of the molecule is Cl.c1ccc(C(NCc2cccs2)c2ccccc2)cc1. The van der Waals surface area contributed by atoms with E-state index in [1.54, 1.807) is 11.3 Å². The molecule has 1 nitrogen and oxygen atoms in total. The van der Waals surface area contributed by atoms with Gasteiger partial charge in [0.2, 0.25) is 0 Å². The number of halogens is 1. The highest BCUT2D eigenvalue weighted by Crippen LogP contribution is 2.22. The minimum Gasteiger partial charge on any atom is -0.301 e. The molecule has 1 aromatic heterocycles. The van der Waals surface area contributed by atoms with Gasteiger partial charge >= 0.3 is 0 Å². The first-order valence-electron chi connectivity index (χ1n) is 6.79. The summed E-state index contributed by atoms with van der Waals surface area (Å²) in [6, 6.07) is 25.7. The van der Waals surface area contributed by atoms with Crippen LogP contribution >= 0.6 is 23.7 Å². The van der Waals surface area contributed by atoms with Gasteiger partial charge in [-0.15, -0.1) is 23.7 Å². The van der Waals surface area contributed by atoms with Crippen LogP contribution in [0.1, 0.15) is 22.0 Å². The molecule has 0 spiro atoms. The number of rotatable bonds is 5. The summed E-state index contributed by atoms with van der Waals surface area (Å²) in [5, 5.41) is 5.79. The number of benzene rings is 2. The Bertz CT molecular complexity index is 583. The van der Waals surface area contributed by atoms with Gasteiger partial charge in [-0.1, -0.05) is 66.7 Å². The van der Waals surface area contributed by atoms with Gasteiger partial charge in [0.1, 0.15) is 0 Å². The smallest absolute Gasteiger partial charge is 0.0579 e. The van der Waals surface area contributed by atoms with Crippen LogP contribution in [-0.4, -0.2) is 0 Å². The maximum atomic E-state index is 3.67. The summed E-state index contributed by atoms with van der Waals surface area (Å²) in [6.45, 7) is 0.895. The molecule has 0 atom stereocenters. The van der Waals surface area contributed by atoms with Crippen molar-refractivity contribution in [2.45, 2.75) is 12.6 Å². The molecule has 21 heavy (non-hydrogen) atoms. The molecule has 0 saturated carbocycles. The first kappa shape index (κ1) is 15.8. The minimum absolute atomic E-state index is 0. The fraction of sp³-hybridized carbons (Fsp3) is 0.111. The van der Waals surface area contributed by atoms with Gasteiger partial charge in [-0.2, -0.15) is 0 Å². The summed E-state index contributed by atoms with van der Waals surface area (Å²) < 4.78 is 0. The molecular formula is C18H18ClNS. The van der Waals surface area contributed by atoms with E-state index in [0.717, 1.165) is 6.54 Å². The average molecular weight is 316 g/mol. The monoisotopic (exact) mass is 315 g/mol. The van der Waals surface area contributed by atoms with Gasteiger partial charge < -0.3 is 5.32 Å². The predicted octanol–water partition coefficient (Wildman–Crippen LogP) is 5.05. The Hall–Kier alpha value is -1.61. The zero-order chi connectivity index (χ0) is 13.6. The number of hydrogen-bond donors (Lipinski definition) is 1. The van der Waals surface area contributed by atoms with Gasteiger partial charge in [0, 0.05) is 11.4 Å². The summed E-state index contributed by atoms with van der Waals surface area (Å²) in [7, 11) is 0. The van der Waals surface area contributed by atoms with Crippen LogP contribution in [0.5, 0.6) is 0 Å². The van der Waals surface area contributed by atoms with E-state index in [9.17, 15) is 0 Å². The van der Waals surface area contributed by atoms with Gasteiger partial charge in [-0.05, 0) is 22.6 Å². The van der Waals surface area contributed by atoms with Crippen LogP contribution in [0, 0.1) is 0 Å². The van der Waals surface area contributed by atoms with Crippen molar-refractivity contribution in [3.63, 3.8) is 0 Å². The molecule has 0 aliphatic heterocycles.